The summed E-state index contributed by atoms with van der Waals surface area (Å²) in [6, 6.07) is 0. The van der Waals surface area contributed by atoms with Gasteiger partial charge in [0.25, 0.3) is 0 Å². The van der Waals surface area contributed by atoms with Crippen LogP contribution in [0.25, 0.3) is 0 Å². The Morgan fingerprint density at radius 1 is 1.70 bits per heavy atom. The van der Waals surface area contributed by atoms with Crippen LogP contribution in [-0.2, 0) is 0 Å². The van der Waals surface area contributed by atoms with Gasteiger partial charge in [-0.25, -0.2) is 0 Å². The Morgan fingerprint density at radius 3 is 2.50 bits per heavy atom. The van der Waals surface area contributed by atoms with Gasteiger partial charge in [0.15, 0.2) is 0 Å². The van der Waals surface area contributed by atoms with Crippen LogP contribution in [0.5, 0.6) is 0 Å². The van der Waals surface area contributed by atoms with E-state index in [2.05, 4.69) is 20.4 Å². The van der Waals surface area contributed by atoms with Crippen LogP contribution in [0.2, 0.25) is 0 Å². The van der Waals surface area contributed by atoms with Crippen LogP contribution in [0.15, 0.2) is 12.7 Å². The standard InChI is InChI=1S/C9H17N/c1-4-8-5-6-9(3,10)7(8)2/h4,7-8H,1,5-6,10H2,2-3H3/t7-,8+,9?/m0/s1. The predicted octanol–water partition coefficient (Wildman–Crippen LogP) is 1.94. The van der Waals surface area contributed by atoms with Gasteiger partial charge < -0.3 is 5.73 Å². The molecule has 0 radical (unpaired) electrons. The van der Waals surface area contributed by atoms with Gasteiger partial charge in [-0.05, 0) is 31.6 Å². The van der Waals surface area contributed by atoms with Crippen molar-refractivity contribution in [1.82, 2.24) is 0 Å². The molecule has 1 saturated carbocycles. The average Bonchev–Trinajstić information content (AvgIpc) is 2.10. The van der Waals surface area contributed by atoms with E-state index in [0.717, 1.165) is 6.42 Å². The van der Waals surface area contributed by atoms with Gasteiger partial charge in [0.1, 0.15) is 0 Å². The second kappa shape index (κ2) is 2.39. The molecule has 0 aromatic rings. The van der Waals surface area contributed by atoms with Crippen molar-refractivity contribution in [2.24, 2.45) is 17.6 Å². The molecule has 1 unspecified atom stereocenters. The van der Waals surface area contributed by atoms with Gasteiger partial charge in [0.05, 0.1) is 0 Å². The lowest BCUT2D eigenvalue weighted by atomic mass is 9.87. The van der Waals surface area contributed by atoms with Crippen molar-refractivity contribution >= 4 is 0 Å². The summed E-state index contributed by atoms with van der Waals surface area (Å²) in [7, 11) is 0. The van der Waals surface area contributed by atoms with Crippen molar-refractivity contribution in [2.45, 2.75) is 32.2 Å². The molecule has 1 aliphatic carbocycles. The van der Waals surface area contributed by atoms with E-state index >= 15 is 0 Å². The van der Waals surface area contributed by atoms with Crippen molar-refractivity contribution in [3.8, 4) is 0 Å². The van der Waals surface area contributed by atoms with Crippen LogP contribution < -0.4 is 5.73 Å². The van der Waals surface area contributed by atoms with Gasteiger partial charge in [-0.1, -0.05) is 13.0 Å². The third-order valence-electron chi connectivity index (χ3n) is 3.00. The maximum atomic E-state index is 6.04. The Morgan fingerprint density at radius 2 is 2.30 bits per heavy atom. The lowest BCUT2D eigenvalue weighted by molar-refractivity contribution is 0.341. The Hall–Kier alpha value is -0.300. The largest absolute Gasteiger partial charge is 0.325 e. The van der Waals surface area contributed by atoms with Crippen molar-refractivity contribution in [3.05, 3.63) is 12.7 Å². The smallest absolute Gasteiger partial charge is 0.0157 e. The molecule has 2 N–H and O–H groups in total. The first-order valence-corrected chi connectivity index (χ1v) is 3.99. The molecule has 1 nitrogen and oxygen atoms in total. The zero-order chi connectivity index (χ0) is 7.78. The highest BCUT2D eigenvalue weighted by atomic mass is 14.8. The molecule has 1 rings (SSSR count). The fraction of sp³-hybridized carbons (Fsp3) is 0.778. The SMILES string of the molecule is C=C[C@@H]1CCC(C)(N)[C@H]1C. The molecule has 0 bridgehead atoms. The summed E-state index contributed by atoms with van der Waals surface area (Å²) >= 11 is 0. The van der Waals surface area contributed by atoms with E-state index in [0.29, 0.717) is 11.8 Å². The topological polar surface area (TPSA) is 26.0 Å². The van der Waals surface area contributed by atoms with Crippen molar-refractivity contribution < 1.29 is 0 Å². The molecule has 10 heavy (non-hydrogen) atoms. The molecule has 1 fully saturated rings. The minimum Gasteiger partial charge on any atom is -0.325 e. The fourth-order valence-electron chi connectivity index (χ4n) is 1.77. The van der Waals surface area contributed by atoms with Gasteiger partial charge in [0.2, 0.25) is 0 Å². The van der Waals surface area contributed by atoms with E-state index in [-0.39, 0.29) is 5.54 Å². The van der Waals surface area contributed by atoms with Crippen LogP contribution >= 0.6 is 0 Å². The summed E-state index contributed by atoms with van der Waals surface area (Å²) < 4.78 is 0. The summed E-state index contributed by atoms with van der Waals surface area (Å²) in [4.78, 5) is 0. The molecule has 1 heteroatoms. The Labute approximate surface area is 63.3 Å². The summed E-state index contributed by atoms with van der Waals surface area (Å²) in [5.74, 6) is 1.25. The number of hydrogen-bond acceptors (Lipinski definition) is 1. The fourth-order valence-corrected chi connectivity index (χ4v) is 1.77. The van der Waals surface area contributed by atoms with Gasteiger partial charge in [-0.2, -0.15) is 0 Å². The summed E-state index contributed by atoms with van der Waals surface area (Å²) in [6.45, 7) is 8.16. The van der Waals surface area contributed by atoms with Gasteiger partial charge in [0, 0.05) is 5.54 Å². The van der Waals surface area contributed by atoms with Gasteiger partial charge in [-0.3, -0.25) is 0 Å². The summed E-state index contributed by atoms with van der Waals surface area (Å²) in [6.07, 6.45) is 4.41. The lowest BCUT2D eigenvalue weighted by Crippen LogP contribution is -2.39. The highest BCUT2D eigenvalue weighted by Gasteiger charge is 2.37. The molecule has 0 saturated heterocycles. The van der Waals surface area contributed by atoms with E-state index in [1.807, 2.05) is 6.08 Å². The minimum absolute atomic E-state index is 0.0544. The second-order valence-electron chi connectivity index (χ2n) is 3.73. The first-order valence-electron chi connectivity index (χ1n) is 3.99. The maximum absolute atomic E-state index is 6.04. The van der Waals surface area contributed by atoms with E-state index < -0.39 is 0 Å². The molecular weight excluding hydrogens is 122 g/mol. The zero-order valence-corrected chi connectivity index (χ0v) is 6.93. The molecule has 0 aromatic carbocycles. The van der Waals surface area contributed by atoms with E-state index in [1.54, 1.807) is 0 Å². The van der Waals surface area contributed by atoms with Crippen molar-refractivity contribution in [3.63, 3.8) is 0 Å². The lowest BCUT2D eigenvalue weighted by Gasteiger charge is -2.25. The van der Waals surface area contributed by atoms with Crippen molar-refractivity contribution in [1.29, 1.82) is 0 Å². The second-order valence-corrected chi connectivity index (χ2v) is 3.73. The summed E-state index contributed by atoms with van der Waals surface area (Å²) in [5, 5.41) is 0. The quantitative estimate of drug-likeness (QED) is 0.552. The first kappa shape index (κ1) is 7.80. The van der Waals surface area contributed by atoms with E-state index in [4.69, 9.17) is 5.73 Å². The van der Waals surface area contributed by atoms with Crippen molar-refractivity contribution in [2.75, 3.05) is 0 Å². The molecule has 0 amide bonds. The Balaban J connectivity index is 2.66. The average molecular weight is 139 g/mol. The molecule has 58 valence electrons. The number of allylic oxidation sites excluding steroid dienone is 1. The molecule has 0 aromatic heterocycles. The van der Waals surface area contributed by atoms with Crippen LogP contribution in [0.1, 0.15) is 26.7 Å². The van der Waals surface area contributed by atoms with Crippen LogP contribution in [-0.4, -0.2) is 5.54 Å². The number of nitrogens with two attached hydrogens (primary N) is 1. The Bertz CT molecular complexity index is 138. The number of rotatable bonds is 1. The molecule has 0 aliphatic heterocycles. The number of hydrogen-bond donors (Lipinski definition) is 1. The van der Waals surface area contributed by atoms with Crippen LogP contribution in [0, 0.1) is 11.8 Å². The molecule has 1 aliphatic rings. The molecule has 3 atom stereocenters. The molecular formula is C9H17N. The highest BCUT2D eigenvalue weighted by molar-refractivity contribution is 5.00. The highest BCUT2D eigenvalue weighted by Crippen LogP contribution is 2.38. The zero-order valence-electron chi connectivity index (χ0n) is 6.93. The third kappa shape index (κ3) is 1.10. The van der Waals surface area contributed by atoms with Gasteiger partial charge in [-0.15, -0.1) is 6.58 Å². The van der Waals surface area contributed by atoms with Crippen LogP contribution in [0.4, 0.5) is 0 Å². The monoisotopic (exact) mass is 139 g/mol. The normalized spacial score (nSPS) is 47.5. The third-order valence-corrected chi connectivity index (χ3v) is 3.00. The maximum Gasteiger partial charge on any atom is 0.0157 e. The molecule has 0 heterocycles. The molecule has 0 spiro atoms. The van der Waals surface area contributed by atoms with Gasteiger partial charge >= 0.3 is 0 Å². The van der Waals surface area contributed by atoms with Crippen LogP contribution in [0.3, 0.4) is 0 Å². The minimum atomic E-state index is 0.0544. The predicted molar refractivity (Wildman–Crippen MR) is 44.7 cm³/mol. The summed E-state index contributed by atoms with van der Waals surface area (Å²) in [5.41, 5.74) is 6.09. The van der Waals surface area contributed by atoms with E-state index in [1.165, 1.54) is 6.42 Å². The first-order chi connectivity index (χ1) is 4.58. The van der Waals surface area contributed by atoms with E-state index in [9.17, 15) is 0 Å². The Kier molecular flexibility index (Phi) is 1.86.